The number of fused-ring (bicyclic) bond motifs is 2. The molecule has 252 valence electrons. The van der Waals surface area contributed by atoms with Gasteiger partial charge in [-0.3, -0.25) is 0 Å². The van der Waals surface area contributed by atoms with Crippen LogP contribution in [0.2, 0.25) is 0 Å². The average Bonchev–Trinajstić information content (AvgIpc) is 3.19. The first kappa shape index (κ1) is 42.8. The molecule has 0 aliphatic carbocycles. The van der Waals surface area contributed by atoms with Gasteiger partial charge in [0.05, 0.1) is 0 Å². The number of hydrogen-bond donors (Lipinski definition) is 0. The van der Waals surface area contributed by atoms with Gasteiger partial charge in [-0.25, -0.2) is 0 Å². The standard InChI is InChI=1S/C32H22.C5H12.5C2H6/c1-3-11-23(12-4-1)24-19-21-26(22-20-24)32-29-17-9-7-15-27(29)31(25-13-5-2-6-14-25)28-16-8-10-18-30(28)32;1-4-5(2)3;5*1-2/h1-22H;5H,4H2,1-3H3;5*1-2H3. The van der Waals surface area contributed by atoms with E-state index in [0.29, 0.717) is 0 Å². The predicted molar refractivity (Wildman–Crippen MR) is 220 cm³/mol. The molecule has 6 aromatic carbocycles. The highest BCUT2D eigenvalue weighted by atomic mass is 14.2. The van der Waals surface area contributed by atoms with Gasteiger partial charge in [0.1, 0.15) is 0 Å². The van der Waals surface area contributed by atoms with Crippen molar-refractivity contribution in [1.29, 1.82) is 0 Å². The van der Waals surface area contributed by atoms with Crippen LogP contribution in [0.15, 0.2) is 133 Å². The van der Waals surface area contributed by atoms with E-state index in [1.54, 1.807) is 0 Å². The van der Waals surface area contributed by atoms with Crippen LogP contribution in [0.3, 0.4) is 0 Å². The third kappa shape index (κ3) is 12.2. The zero-order valence-electron chi connectivity index (χ0n) is 32.0. The Hall–Kier alpha value is -4.16. The molecule has 0 saturated heterocycles. The minimum absolute atomic E-state index is 0.884. The monoisotopic (exact) mass is 629 g/mol. The Labute approximate surface area is 289 Å². The molecule has 0 radical (unpaired) electrons. The number of benzene rings is 6. The molecule has 0 heterocycles. The Balaban J connectivity index is 0.00000123. The Kier molecular flexibility index (Phi) is 23.7. The third-order valence-corrected chi connectivity index (χ3v) is 7.09. The fourth-order valence-electron chi connectivity index (χ4n) is 4.82. The lowest BCUT2D eigenvalue weighted by atomic mass is 9.86. The van der Waals surface area contributed by atoms with Gasteiger partial charge in [-0.1, -0.05) is 230 Å². The molecule has 0 unspecified atom stereocenters. The van der Waals surface area contributed by atoms with Crippen molar-refractivity contribution in [3.8, 4) is 33.4 Å². The summed E-state index contributed by atoms with van der Waals surface area (Å²) in [6, 6.07) is 47.9. The van der Waals surface area contributed by atoms with E-state index < -0.39 is 0 Å². The Morgan fingerprint density at radius 3 is 0.830 bits per heavy atom. The van der Waals surface area contributed by atoms with E-state index in [9.17, 15) is 0 Å². The lowest BCUT2D eigenvalue weighted by molar-refractivity contribution is 0.626. The highest BCUT2D eigenvalue weighted by Crippen LogP contribution is 2.43. The zero-order chi connectivity index (χ0) is 35.6. The van der Waals surface area contributed by atoms with Gasteiger partial charge in [0, 0.05) is 0 Å². The molecule has 0 aliphatic heterocycles. The van der Waals surface area contributed by atoms with E-state index in [2.05, 4.69) is 154 Å². The van der Waals surface area contributed by atoms with Crippen molar-refractivity contribution >= 4 is 21.5 Å². The molecule has 0 nitrogen and oxygen atoms in total. The van der Waals surface area contributed by atoms with E-state index in [0.717, 1.165) is 5.92 Å². The van der Waals surface area contributed by atoms with E-state index in [4.69, 9.17) is 0 Å². The van der Waals surface area contributed by atoms with Crippen molar-refractivity contribution in [2.75, 3.05) is 0 Å². The van der Waals surface area contributed by atoms with Crippen LogP contribution in [-0.2, 0) is 0 Å². The fourth-order valence-corrected chi connectivity index (χ4v) is 4.82. The maximum Gasteiger partial charge on any atom is -0.00264 e. The molecule has 6 aromatic rings. The van der Waals surface area contributed by atoms with E-state index in [1.165, 1.54) is 61.3 Å². The van der Waals surface area contributed by atoms with Crippen molar-refractivity contribution in [2.24, 2.45) is 5.92 Å². The van der Waals surface area contributed by atoms with Crippen molar-refractivity contribution in [3.05, 3.63) is 133 Å². The first-order valence-electron chi connectivity index (χ1n) is 18.3. The summed E-state index contributed by atoms with van der Waals surface area (Å²) in [5.41, 5.74) is 7.59. The number of hydrogen-bond acceptors (Lipinski definition) is 0. The topological polar surface area (TPSA) is 0 Å². The summed E-state index contributed by atoms with van der Waals surface area (Å²) >= 11 is 0. The second kappa shape index (κ2) is 26.0. The lowest BCUT2D eigenvalue weighted by Gasteiger charge is -2.18. The minimum atomic E-state index is 0.884. The van der Waals surface area contributed by atoms with Gasteiger partial charge >= 0.3 is 0 Å². The van der Waals surface area contributed by atoms with Crippen LogP contribution in [0.5, 0.6) is 0 Å². The summed E-state index contributed by atoms with van der Waals surface area (Å²) in [6.45, 7) is 26.6. The molecule has 6 rings (SSSR count). The molecule has 0 spiro atoms. The van der Waals surface area contributed by atoms with Crippen LogP contribution < -0.4 is 0 Å². The van der Waals surface area contributed by atoms with Gasteiger partial charge in [0.2, 0.25) is 0 Å². The summed E-state index contributed by atoms with van der Waals surface area (Å²) in [7, 11) is 0. The van der Waals surface area contributed by atoms with Gasteiger partial charge in [-0.15, -0.1) is 0 Å². The normalized spacial score (nSPS) is 9.23. The minimum Gasteiger partial charge on any atom is -0.0683 e. The summed E-state index contributed by atoms with van der Waals surface area (Å²) in [4.78, 5) is 0. The van der Waals surface area contributed by atoms with Gasteiger partial charge in [-0.2, -0.15) is 0 Å². The molecule has 0 atom stereocenters. The Bertz CT molecular complexity index is 1530. The summed E-state index contributed by atoms with van der Waals surface area (Å²) < 4.78 is 0. The van der Waals surface area contributed by atoms with Crippen LogP contribution in [0.25, 0.3) is 54.9 Å². The zero-order valence-corrected chi connectivity index (χ0v) is 32.0. The fraction of sp³-hybridized carbons (Fsp3) is 0.319. The number of rotatable bonds is 4. The second-order valence-corrected chi connectivity index (χ2v) is 9.95. The molecule has 0 saturated carbocycles. The molecule has 0 fully saturated rings. The SMILES string of the molecule is CC.CC.CC.CC.CC.CCC(C)C.c1ccc(-c2ccc(-c3c4ccccc4c(-c4ccccc4)c4ccccc34)cc2)cc1. The smallest absolute Gasteiger partial charge is 0.00264 e. The quantitative estimate of drug-likeness (QED) is 0.170. The first-order chi connectivity index (χ1) is 23.2. The largest absolute Gasteiger partial charge is 0.0683 e. The van der Waals surface area contributed by atoms with Gasteiger partial charge in [0.15, 0.2) is 0 Å². The molecule has 0 aliphatic rings. The highest BCUT2D eigenvalue weighted by molar-refractivity contribution is 6.21. The van der Waals surface area contributed by atoms with Gasteiger partial charge in [0.25, 0.3) is 0 Å². The van der Waals surface area contributed by atoms with Crippen LogP contribution >= 0.6 is 0 Å². The Morgan fingerprint density at radius 2 is 0.532 bits per heavy atom. The van der Waals surface area contributed by atoms with Crippen molar-refractivity contribution in [3.63, 3.8) is 0 Å². The van der Waals surface area contributed by atoms with E-state index in [-0.39, 0.29) is 0 Å². The van der Waals surface area contributed by atoms with Crippen molar-refractivity contribution < 1.29 is 0 Å². The average molecular weight is 629 g/mol. The molecule has 0 amide bonds. The van der Waals surface area contributed by atoms with Crippen LogP contribution in [-0.4, -0.2) is 0 Å². The van der Waals surface area contributed by atoms with E-state index >= 15 is 0 Å². The first-order valence-corrected chi connectivity index (χ1v) is 18.3. The lowest BCUT2D eigenvalue weighted by Crippen LogP contribution is -1.90. The third-order valence-electron chi connectivity index (χ3n) is 7.09. The predicted octanol–water partition coefficient (Wildman–Crippen LogP) is 16.2. The van der Waals surface area contributed by atoms with Crippen LogP contribution in [0, 0.1) is 5.92 Å². The molecular weight excluding hydrogens is 565 g/mol. The van der Waals surface area contributed by atoms with Crippen LogP contribution in [0.4, 0.5) is 0 Å². The molecule has 0 aromatic heterocycles. The Morgan fingerprint density at radius 1 is 0.319 bits per heavy atom. The molecule has 0 heteroatoms. The molecule has 0 N–H and O–H groups in total. The molecule has 0 bridgehead atoms. The molecule has 47 heavy (non-hydrogen) atoms. The summed E-state index contributed by atoms with van der Waals surface area (Å²) in [5.74, 6) is 0.884. The van der Waals surface area contributed by atoms with Crippen molar-refractivity contribution in [1.82, 2.24) is 0 Å². The molecular formula is C47H64. The maximum atomic E-state index is 2.26. The maximum absolute atomic E-state index is 2.26. The van der Waals surface area contributed by atoms with Crippen molar-refractivity contribution in [2.45, 2.75) is 96.4 Å². The summed E-state index contributed by atoms with van der Waals surface area (Å²) in [6.07, 6.45) is 1.31. The summed E-state index contributed by atoms with van der Waals surface area (Å²) in [5, 5.41) is 5.16. The van der Waals surface area contributed by atoms with E-state index in [1.807, 2.05) is 69.2 Å². The highest BCUT2D eigenvalue weighted by Gasteiger charge is 2.16. The van der Waals surface area contributed by atoms with Gasteiger partial charge in [-0.05, 0) is 60.8 Å². The second-order valence-electron chi connectivity index (χ2n) is 9.95. The van der Waals surface area contributed by atoms with Gasteiger partial charge < -0.3 is 0 Å². The van der Waals surface area contributed by atoms with Crippen LogP contribution in [0.1, 0.15) is 96.4 Å².